The average molecular weight is 213 g/mol. The van der Waals surface area contributed by atoms with E-state index in [1.807, 2.05) is 11.8 Å². The van der Waals surface area contributed by atoms with Crippen molar-refractivity contribution in [2.75, 3.05) is 26.7 Å². The topological polar surface area (TPSA) is 49.6 Å². The van der Waals surface area contributed by atoms with Crippen molar-refractivity contribution in [3.8, 4) is 0 Å². The van der Waals surface area contributed by atoms with Crippen molar-refractivity contribution in [3.05, 3.63) is 0 Å². The highest BCUT2D eigenvalue weighted by atomic mass is 16.2. The molecule has 2 N–H and O–H groups in total. The Morgan fingerprint density at radius 3 is 2.47 bits per heavy atom. The third kappa shape index (κ3) is 3.18. The Hall–Kier alpha value is -0.610. The predicted octanol–water partition coefficient (Wildman–Crippen LogP) is 0.276. The molecule has 4 nitrogen and oxygen atoms in total. The standard InChI is InChI=1S/C11H23N3O/c1-4-14(11(15)9(2)12)10-5-7-13(3)8-6-10/h9-10H,4-8,12H2,1-3H3/t9-/m0/s1. The summed E-state index contributed by atoms with van der Waals surface area (Å²) in [6, 6.07) is 0.0225. The Kier molecular flexibility index (Phi) is 4.54. The maximum atomic E-state index is 11.8. The fourth-order valence-electron chi connectivity index (χ4n) is 2.16. The molecule has 4 heteroatoms. The second-order valence-corrected chi connectivity index (χ2v) is 4.45. The summed E-state index contributed by atoms with van der Waals surface area (Å²) in [6.45, 7) is 6.72. The normalized spacial score (nSPS) is 21.3. The number of hydrogen-bond donors (Lipinski definition) is 1. The molecule has 88 valence electrons. The van der Waals surface area contributed by atoms with Crippen LogP contribution in [0.2, 0.25) is 0 Å². The molecule has 1 aliphatic heterocycles. The first-order chi connectivity index (χ1) is 7.06. The van der Waals surface area contributed by atoms with E-state index in [1.165, 1.54) is 0 Å². The van der Waals surface area contributed by atoms with Gasteiger partial charge in [-0.1, -0.05) is 0 Å². The lowest BCUT2D eigenvalue weighted by atomic mass is 10.0. The van der Waals surface area contributed by atoms with Crippen LogP contribution in [0, 0.1) is 0 Å². The van der Waals surface area contributed by atoms with Crippen molar-refractivity contribution in [2.24, 2.45) is 5.73 Å². The summed E-state index contributed by atoms with van der Waals surface area (Å²) in [5.41, 5.74) is 5.64. The number of piperidine rings is 1. The van der Waals surface area contributed by atoms with E-state index >= 15 is 0 Å². The third-order valence-corrected chi connectivity index (χ3v) is 3.14. The molecule has 1 amide bonds. The van der Waals surface area contributed by atoms with E-state index < -0.39 is 0 Å². The van der Waals surface area contributed by atoms with Crippen LogP contribution in [0.15, 0.2) is 0 Å². The summed E-state index contributed by atoms with van der Waals surface area (Å²) >= 11 is 0. The van der Waals surface area contributed by atoms with Gasteiger partial charge in [-0.25, -0.2) is 0 Å². The van der Waals surface area contributed by atoms with E-state index in [1.54, 1.807) is 6.92 Å². The Labute approximate surface area is 92.4 Å². The van der Waals surface area contributed by atoms with Gasteiger partial charge in [0.1, 0.15) is 0 Å². The number of nitrogens with two attached hydrogens (primary N) is 1. The monoisotopic (exact) mass is 213 g/mol. The molecule has 0 aliphatic carbocycles. The van der Waals surface area contributed by atoms with Crippen molar-refractivity contribution >= 4 is 5.91 Å². The maximum absolute atomic E-state index is 11.8. The molecule has 0 spiro atoms. The average Bonchev–Trinajstić information content (AvgIpc) is 2.21. The number of nitrogens with zero attached hydrogens (tertiary/aromatic N) is 2. The van der Waals surface area contributed by atoms with E-state index in [2.05, 4.69) is 11.9 Å². The van der Waals surface area contributed by atoms with Crippen molar-refractivity contribution in [2.45, 2.75) is 38.8 Å². The second-order valence-electron chi connectivity index (χ2n) is 4.45. The number of likely N-dealkylation sites (N-methyl/N-ethyl adjacent to an activating group) is 1. The van der Waals surface area contributed by atoms with Crippen LogP contribution in [-0.2, 0) is 4.79 Å². The van der Waals surface area contributed by atoms with Crippen LogP contribution in [0.5, 0.6) is 0 Å². The minimum Gasteiger partial charge on any atom is -0.339 e. The van der Waals surface area contributed by atoms with Gasteiger partial charge in [0.25, 0.3) is 0 Å². The molecule has 1 heterocycles. The molecule has 1 rings (SSSR count). The molecule has 0 saturated carbocycles. The van der Waals surface area contributed by atoms with Gasteiger partial charge in [0, 0.05) is 12.6 Å². The largest absolute Gasteiger partial charge is 0.339 e. The Bertz CT molecular complexity index is 210. The fraction of sp³-hybridized carbons (Fsp3) is 0.909. The van der Waals surface area contributed by atoms with Gasteiger partial charge in [0.05, 0.1) is 6.04 Å². The minimum atomic E-state index is -0.371. The van der Waals surface area contributed by atoms with Gasteiger partial charge in [-0.3, -0.25) is 4.79 Å². The molecule has 1 atom stereocenters. The molecule has 15 heavy (non-hydrogen) atoms. The molecule has 0 radical (unpaired) electrons. The van der Waals surface area contributed by atoms with Crippen molar-refractivity contribution in [1.82, 2.24) is 9.80 Å². The molecule has 1 aliphatic rings. The number of rotatable bonds is 3. The van der Waals surface area contributed by atoms with Gasteiger partial charge in [-0.2, -0.15) is 0 Å². The van der Waals surface area contributed by atoms with E-state index in [-0.39, 0.29) is 11.9 Å². The van der Waals surface area contributed by atoms with Gasteiger partial charge in [-0.15, -0.1) is 0 Å². The minimum absolute atomic E-state index is 0.0899. The van der Waals surface area contributed by atoms with Crippen LogP contribution < -0.4 is 5.73 Å². The van der Waals surface area contributed by atoms with Crippen LogP contribution in [0.25, 0.3) is 0 Å². The summed E-state index contributed by atoms with van der Waals surface area (Å²) in [7, 11) is 2.12. The summed E-state index contributed by atoms with van der Waals surface area (Å²) in [6.07, 6.45) is 2.14. The zero-order valence-corrected chi connectivity index (χ0v) is 10.1. The Morgan fingerprint density at radius 2 is 2.07 bits per heavy atom. The van der Waals surface area contributed by atoms with E-state index in [4.69, 9.17) is 5.73 Å². The lowest BCUT2D eigenvalue weighted by Crippen LogP contribution is -2.50. The van der Waals surface area contributed by atoms with Crippen molar-refractivity contribution in [1.29, 1.82) is 0 Å². The molecular weight excluding hydrogens is 190 g/mol. The van der Waals surface area contributed by atoms with Crippen molar-refractivity contribution < 1.29 is 4.79 Å². The molecule has 0 bridgehead atoms. The quantitative estimate of drug-likeness (QED) is 0.732. The first kappa shape index (κ1) is 12.5. The van der Waals surface area contributed by atoms with Crippen LogP contribution in [0.1, 0.15) is 26.7 Å². The van der Waals surface area contributed by atoms with Gasteiger partial charge in [-0.05, 0) is 46.8 Å². The lowest BCUT2D eigenvalue weighted by Gasteiger charge is -2.37. The highest BCUT2D eigenvalue weighted by Gasteiger charge is 2.26. The smallest absolute Gasteiger partial charge is 0.239 e. The van der Waals surface area contributed by atoms with Gasteiger partial charge >= 0.3 is 0 Å². The molecule has 0 unspecified atom stereocenters. The Morgan fingerprint density at radius 1 is 1.53 bits per heavy atom. The third-order valence-electron chi connectivity index (χ3n) is 3.14. The number of carbonyl (C=O) groups is 1. The molecule has 1 fully saturated rings. The predicted molar refractivity (Wildman–Crippen MR) is 61.6 cm³/mol. The number of carbonyl (C=O) groups excluding carboxylic acids is 1. The Balaban J connectivity index is 2.55. The summed E-state index contributed by atoms with van der Waals surface area (Å²) in [5, 5.41) is 0. The fourth-order valence-corrected chi connectivity index (χ4v) is 2.16. The zero-order valence-electron chi connectivity index (χ0n) is 10.1. The molecular formula is C11H23N3O. The second kappa shape index (κ2) is 5.47. The van der Waals surface area contributed by atoms with Gasteiger partial charge in [0.15, 0.2) is 0 Å². The summed E-state index contributed by atoms with van der Waals surface area (Å²) in [4.78, 5) is 16.1. The SMILES string of the molecule is CCN(C(=O)[C@H](C)N)C1CCN(C)CC1. The molecule has 0 aromatic heterocycles. The van der Waals surface area contributed by atoms with Gasteiger partial charge in [0.2, 0.25) is 5.91 Å². The molecule has 1 saturated heterocycles. The van der Waals surface area contributed by atoms with Crippen LogP contribution in [0.3, 0.4) is 0 Å². The van der Waals surface area contributed by atoms with E-state index in [9.17, 15) is 4.79 Å². The van der Waals surface area contributed by atoms with E-state index in [0.717, 1.165) is 32.5 Å². The van der Waals surface area contributed by atoms with E-state index in [0.29, 0.717) is 6.04 Å². The molecule has 0 aromatic rings. The van der Waals surface area contributed by atoms with Crippen molar-refractivity contribution in [3.63, 3.8) is 0 Å². The zero-order chi connectivity index (χ0) is 11.4. The lowest BCUT2D eigenvalue weighted by molar-refractivity contribution is -0.135. The van der Waals surface area contributed by atoms with Gasteiger partial charge < -0.3 is 15.5 Å². The highest BCUT2D eigenvalue weighted by molar-refractivity contribution is 5.81. The number of hydrogen-bond acceptors (Lipinski definition) is 3. The number of amides is 1. The number of likely N-dealkylation sites (tertiary alicyclic amines) is 1. The van der Waals surface area contributed by atoms with Crippen LogP contribution >= 0.6 is 0 Å². The summed E-state index contributed by atoms with van der Waals surface area (Å²) < 4.78 is 0. The highest BCUT2D eigenvalue weighted by Crippen LogP contribution is 2.15. The first-order valence-corrected chi connectivity index (χ1v) is 5.80. The summed E-state index contributed by atoms with van der Waals surface area (Å²) in [5.74, 6) is 0.0899. The first-order valence-electron chi connectivity index (χ1n) is 5.80. The van der Waals surface area contributed by atoms with Crippen LogP contribution in [-0.4, -0.2) is 54.5 Å². The molecule has 0 aromatic carbocycles. The van der Waals surface area contributed by atoms with Crippen LogP contribution in [0.4, 0.5) is 0 Å². The maximum Gasteiger partial charge on any atom is 0.239 e.